The molecule has 7 heteroatoms. The lowest BCUT2D eigenvalue weighted by molar-refractivity contribution is -0.138. The third kappa shape index (κ3) is 4.50. The maximum absolute atomic E-state index is 13.2. The molecule has 0 fully saturated rings. The predicted molar refractivity (Wildman–Crippen MR) is 119 cm³/mol. The van der Waals surface area contributed by atoms with E-state index in [2.05, 4.69) is 5.32 Å². The molecule has 1 aliphatic rings. The molecule has 0 bridgehead atoms. The minimum Gasteiger partial charge on any atom is -0.497 e. The van der Waals surface area contributed by atoms with Crippen LogP contribution in [0.5, 0.6) is 17.2 Å². The highest BCUT2D eigenvalue weighted by atomic mass is 16.5. The second-order valence-electron chi connectivity index (χ2n) is 7.71. The van der Waals surface area contributed by atoms with Gasteiger partial charge in [0.2, 0.25) is 0 Å². The van der Waals surface area contributed by atoms with Crippen molar-refractivity contribution < 1.29 is 23.8 Å². The number of methoxy groups -OCH3 is 2. The van der Waals surface area contributed by atoms with E-state index in [1.54, 1.807) is 49.6 Å². The zero-order valence-corrected chi connectivity index (χ0v) is 18.7. The highest BCUT2D eigenvalue weighted by molar-refractivity contribution is 6.36. The number of hydrogen-bond donors (Lipinski definition) is 1. The zero-order valence-electron chi connectivity index (χ0n) is 18.7. The number of nitrogens with zero attached hydrogens (tertiary/aromatic N) is 1. The molecule has 0 aliphatic carbocycles. The summed E-state index contributed by atoms with van der Waals surface area (Å²) in [5.41, 5.74) is 1.71. The van der Waals surface area contributed by atoms with Crippen LogP contribution in [-0.2, 0) is 9.59 Å². The highest BCUT2D eigenvalue weighted by Crippen LogP contribution is 2.36. The first-order valence-electron chi connectivity index (χ1n) is 10.1. The van der Waals surface area contributed by atoms with E-state index in [-0.39, 0.29) is 29.7 Å². The average Bonchev–Trinajstić information content (AvgIpc) is 2.98. The summed E-state index contributed by atoms with van der Waals surface area (Å²) >= 11 is 0. The molecule has 0 saturated heterocycles. The third-order valence-corrected chi connectivity index (χ3v) is 4.81. The average molecular weight is 424 g/mol. The van der Waals surface area contributed by atoms with Gasteiger partial charge in [0, 0.05) is 12.1 Å². The van der Waals surface area contributed by atoms with Crippen LogP contribution in [0.1, 0.15) is 33.3 Å². The molecule has 7 nitrogen and oxygen atoms in total. The van der Waals surface area contributed by atoms with Gasteiger partial charge in [-0.3, -0.25) is 14.5 Å². The van der Waals surface area contributed by atoms with Crippen LogP contribution < -0.4 is 19.5 Å². The fourth-order valence-electron chi connectivity index (χ4n) is 3.41. The van der Waals surface area contributed by atoms with Gasteiger partial charge in [0.25, 0.3) is 11.8 Å². The predicted octanol–water partition coefficient (Wildman–Crippen LogP) is 4.09. The van der Waals surface area contributed by atoms with Crippen LogP contribution in [0.3, 0.4) is 0 Å². The van der Waals surface area contributed by atoms with E-state index in [4.69, 9.17) is 14.2 Å². The monoisotopic (exact) mass is 424 g/mol. The molecule has 1 aliphatic heterocycles. The molecule has 2 amide bonds. The zero-order chi connectivity index (χ0) is 22.7. The normalized spacial score (nSPS) is 14.0. The number of rotatable bonds is 8. The molecule has 2 aromatic rings. The molecule has 0 saturated carbocycles. The molecule has 0 aromatic heterocycles. The summed E-state index contributed by atoms with van der Waals surface area (Å²) in [5, 5.41) is 3.13. The summed E-state index contributed by atoms with van der Waals surface area (Å²) in [5.74, 6) is 1.09. The van der Waals surface area contributed by atoms with Crippen LogP contribution in [0.2, 0.25) is 0 Å². The Morgan fingerprint density at radius 3 is 2.03 bits per heavy atom. The first kappa shape index (κ1) is 22.2. The molecule has 2 aromatic carbocycles. The lowest BCUT2D eigenvalue weighted by Crippen LogP contribution is -2.38. The summed E-state index contributed by atoms with van der Waals surface area (Å²) in [6.07, 6.45) is 0.0379. The van der Waals surface area contributed by atoms with Gasteiger partial charge < -0.3 is 19.5 Å². The Balaban J connectivity index is 2.06. The summed E-state index contributed by atoms with van der Waals surface area (Å²) in [6.45, 7) is 7.51. The summed E-state index contributed by atoms with van der Waals surface area (Å²) in [7, 11) is 3.10. The van der Waals surface area contributed by atoms with Gasteiger partial charge in [-0.2, -0.15) is 0 Å². The number of hydrogen-bond acceptors (Lipinski definition) is 6. The maximum Gasteiger partial charge on any atom is 0.278 e. The Labute approximate surface area is 182 Å². The van der Waals surface area contributed by atoms with Crippen LogP contribution in [0.4, 0.5) is 5.69 Å². The van der Waals surface area contributed by atoms with Gasteiger partial charge in [0.15, 0.2) is 0 Å². The first-order valence-corrected chi connectivity index (χ1v) is 10.1. The number of nitrogens with one attached hydrogen (secondary N) is 1. The number of benzene rings is 2. The Kier molecular flexibility index (Phi) is 6.53. The van der Waals surface area contributed by atoms with Crippen molar-refractivity contribution in [2.24, 2.45) is 0 Å². The molecule has 1 heterocycles. The Morgan fingerprint density at radius 2 is 1.48 bits per heavy atom. The Morgan fingerprint density at radius 1 is 0.839 bits per heavy atom. The van der Waals surface area contributed by atoms with Gasteiger partial charge in [-0.25, -0.2) is 0 Å². The van der Waals surface area contributed by atoms with E-state index in [0.29, 0.717) is 34.1 Å². The lowest BCUT2D eigenvalue weighted by atomic mass is 10.0. The minimum atomic E-state index is -0.379. The SMILES string of the molecule is COc1ccc(NC2=C(c3ccc(OC(C)C)cc3)C(=O)N(C(C)C)C2=O)c(OC)c1. The van der Waals surface area contributed by atoms with Crippen molar-refractivity contribution in [2.75, 3.05) is 19.5 Å². The lowest BCUT2D eigenvalue weighted by Gasteiger charge is -2.19. The largest absolute Gasteiger partial charge is 0.497 e. The minimum absolute atomic E-state index is 0.0379. The summed E-state index contributed by atoms with van der Waals surface area (Å²) in [4.78, 5) is 27.6. The number of carbonyl (C=O) groups is 2. The number of imide groups is 1. The maximum atomic E-state index is 13.2. The molecular weight excluding hydrogens is 396 g/mol. The van der Waals surface area contributed by atoms with Crippen molar-refractivity contribution in [1.82, 2.24) is 4.90 Å². The van der Waals surface area contributed by atoms with E-state index in [1.165, 1.54) is 12.0 Å². The van der Waals surface area contributed by atoms with Crippen molar-refractivity contribution in [3.05, 3.63) is 53.7 Å². The van der Waals surface area contributed by atoms with Crippen LogP contribution in [0.15, 0.2) is 48.2 Å². The second kappa shape index (κ2) is 9.12. The molecule has 0 spiro atoms. The molecule has 0 atom stereocenters. The molecule has 0 unspecified atom stereocenters. The topological polar surface area (TPSA) is 77.1 Å². The summed E-state index contributed by atoms with van der Waals surface area (Å²) in [6, 6.07) is 12.1. The fraction of sp³-hybridized carbons (Fsp3) is 0.333. The van der Waals surface area contributed by atoms with Crippen LogP contribution in [-0.4, -0.2) is 43.1 Å². The fourth-order valence-corrected chi connectivity index (χ4v) is 3.41. The van der Waals surface area contributed by atoms with Gasteiger partial charge in [-0.1, -0.05) is 12.1 Å². The third-order valence-electron chi connectivity index (χ3n) is 4.81. The smallest absolute Gasteiger partial charge is 0.278 e. The first-order chi connectivity index (χ1) is 14.8. The Hall–Kier alpha value is -3.48. The number of amides is 2. The number of carbonyl (C=O) groups excluding carboxylic acids is 2. The van der Waals surface area contributed by atoms with Gasteiger partial charge in [-0.05, 0) is 57.5 Å². The molecule has 3 rings (SSSR count). The van der Waals surface area contributed by atoms with Crippen molar-refractivity contribution >= 4 is 23.1 Å². The van der Waals surface area contributed by atoms with Gasteiger partial charge in [0.05, 0.1) is 31.6 Å². The Bertz CT molecular complexity index is 1010. The molecule has 1 N–H and O–H groups in total. The van der Waals surface area contributed by atoms with Gasteiger partial charge >= 0.3 is 0 Å². The molecule has 0 radical (unpaired) electrons. The van der Waals surface area contributed by atoms with Crippen LogP contribution >= 0.6 is 0 Å². The number of anilines is 1. The molecule has 31 heavy (non-hydrogen) atoms. The van der Waals surface area contributed by atoms with Crippen LogP contribution in [0.25, 0.3) is 5.57 Å². The summed E-state index contributed by atoms with van der Waals surface area (Å²) < 4.78 is 16.4. The standard InChI is InChI=1S/C24H28N2O5/c1-14(2)26-23(27)21(16-7-9-17(10-8-16)31-15(3)4)22(24(26)28)25-19-12-11-18(29-5)13-20(19)30-6/h7-15,25H,1-6H3. The van der Waals surface area contributed by atoms with E-state index in [9.17, 15) is 9.59 Å². The molecular formula is C24H28N2O5. The van der Waals surface area contributed by atoms with Crippen molar-refractivity contribution in [3.8, 4) is 17.2 Å². The van der Waals surface area contributed by atoms with Gasteiger partial charge in [-0.15, -0.1) is 0 Å². The van der Waals surface area contributed by atoms with E-state index in [1.807, 2.05) is 27.7 Å². The van der Waals surface area contributed by atoms with Crippen molar-refractivity contribution in [2.45, 2.75) is 39.8 Å². The van der Waals surface area contributed by atoms with E-state index >= 15 is 0 Å². The van der Waals surface area contributed by atoms with E-state index < -0.39 is 0 Å². The number of ether oxygens (including phenoxy) is 3. The van der Waals surface area contributed by atoms with Crippen molar-refractivity contribution in [1.29, 1.82) is 0 Å². The second-order valence-corrected chi connectivity index (χ2v) is 7.71. The molecule has 164 valence electrons. The highest BCUT2D eigenvalue weighted by Gasteiger charge is 2.40. The van der Waals surface area contributed by atoms with Crippen LogP contribution in [0, 0.1) is 0 Å². The quantitative estimate of drug-likeness (QED) is 0.643. The van der Waals surface area contributed by atoms with Crippen molar-refractivity contribution in [3.63, 3.8) is 0 Å². The van der Waals surface area contributed by atoms with E-state index in [0.717, 1.165) is 0 Å². The van der Waals surface area contributed by atoms with Gasteiger partial charge in [0.1, 0.15) is 22.9 Å².